The Kier molecular flexibility index (Phi) is 6.33. The van der Waals surface area contributed by atoms with Gasteiger partial charge >= 0.3 is 0 Å². The Balaban J connectivity index is 0.00000192. The molecule has 0 aliphatic carbocycles. The zero-order valence-corrected chi connectivity index (χ0v) is 14.7. The maximum Gasteiger partial charge on any atom is 0.212 e. The fourth-order valence-electron chi connectivity index (χ4n) is 2.65. The lowest BCUT2D eigenvalue weighted by Gasteiger charge is -2.18. The van der Waals surface area contributed by atoms with Gasteiger partial charge in [0.2, 0.25) is 5.95 Å². The molecule has 1 atom stereocenters. The van der Waals surface area contributed by atoms with Crippen molar-refractivity contribution < 1.29 is 8.78 Å². The molecule has 1 saturated heterocycles. The molecule has 1 aromatic carbocycles. The van der Waals surface area contributed by atoms with Crippen LogP contribution in [0.15, 0.2) is 41.0 Å². The molecular formula is C16H17BrClF2N3. The van der Waals surface area contributed by atoms with Crippen LogP contribution in [0.4, 0.5) is 14.5 Å². The van der Waals surface area contributed by atoms with Crippen molar-refractivity contribution in [3.05, 3.63) is 58.3 Å². The third-order valence-electron chi connectivity index (χ3n) is 3.85. The summed E-state index contributed by atoms with van der Waals surface area (Å²) < 4.78 is 27.4. The lowest BCUT2D eigenvalue weighted by molar-refractivity contribution is 0.529. The number of pyridine rings is 1. The van der Waals surface area contributed by atoms with E-state index >= 15 is 0 Å². The summed E-state index contributed by atoms with van der Waals surface area (Å²) in [5, 5.41) is 3.38. The van der Waals surface area contributed by atoms with Gasteiger partial charge in [-0.05, 0) is 36.8 Å². The first-order valence-electron chi connectivity index (χ1n) is 7.15. The molecule has 1 N–H and O–H groups in total. The maximum atomic E-state index is 13.7. The van der Waals surface area contributed by atoms with Gasteiger partial charge in [0.15, 0.2) is 0 Å². The summed E-state index contributed by atoms with van der Waals surface area (Å²) in [5.74, 6) is -0.670. The first-order valence-corrected chi connectivity index (χ1v) is 7.95. The first kappa shape index (κ1) is 18.1. The molecule has 2 heterocycles. The number of benzene rings is 1. The number of hydrogen-bond acceptors (Lipinski definition) is 3. The average molecular weight is 405 g/mol. The molecule has 0 spiro atoms. The van der Waals surface area contributed by atoms with Crippen LogP contribution >= 0.6 is 28.3 Å². The minimum atomic E-state index is -0.470. The van der Waals surface area contributed by atoms with Crippen molar-refractivity contribution >= 4 is 34.0 Å². The smallest absolute Gasteiger partial charge is 0.212 e. The van der Waals surface area contributed by atoms with Crippen LogP contribution in [-0.2, 0) is 6.54 Å². The van der Waals surface area contributed by atoms with Crippen molar-refractivity contribution in [2.75, 3.05) is 18.0 Å². The SMILES string of the molecule is Cl.Fc1ccc(N2CC[C@H](NCc3cc(Br)ccc3F)C2)cn1. The maximum absolute atomic E-state index is 13.7. The molecule has 3 nitrogen and oxygen atoms in total. The van der Waals surface area contributed by atoms with E-state index in [1.54, 1.807) is 24.4 Å². The molecule has 0 radical (unpaired) electrons. The van der Waals surface area contributed by atoms with Gasteiger partial charge in [0, 0.05) is 35.7 Å². The average Bonchev–Trinajstić information content (AvgIpc) is 2.98. The minimum absolute atomic E-state index is 0. The second-order valence-corrected chi connectivity index (χ2v) is 6.30. The number of hydrogen-bond donors (Lipinski definition) is 1. The molecule has 124 valence electrons. The van der Waals surface area contributed by atoms with Crippen LogP contribution in [0.3, 0.4) is 0 Å². The third-order valence-corrected chi connectivity index (χ3v) is 4.35. The van der Waals surface area contributed by atoms with Crippen LogP contribution in [0.2, 0.25) is 0 Å². The minimum Gasteiger partial charge on any atom is -0.369 e. The highest BCUT2D eigenvalue weighted by molar-refractivity contribution is 9.10. The summed E-state index contributed by atoms with van der Waals surface area (Å²) in [5.41, 5.74) is 1.57. The number of halogens is 4. The number of nitrogens with one attached hydrogen (secondary N) is 1. The van der Waals surface area contributed by atoms with Crippen LogP contribution in [0.1, 0.15) is 12.0 Å². The largest absolute Gasteiger partial charge is 0.369 e. The van der Waals surface area contributed by atoms with Crippen molar-refractivity contribution in [3.63, 3.8) is 0 Å². The van der Waals surface area contributed by atoms with Crippen LogP contribution in [0.25, 0.3) is 0 Å². The summed E-state index contributed by atoms with van der Waals surface area (Å²) >= 11 is 3.36. The van der Waals surface area contributed by atoms with Crippen molar-refractivity contribution in [3.8, 4) is 0 Å². The Hall–Kier alpha value is -1.24. The van der Waals surface area contributed by atoms with Gasteiger partial charge in [-0.1, -0.05) is 15.9 Å². The van der Waals surface area contributed by atoms with Crippen LogP contribution < -0.4 is 10.2 Å². The molecule has 23 heavy (non-hydrogen) atoms. The molecule has 0 bridgehead atoms. The highest BCUT2D eigenvalue weighted by Gasteiger charge is 2.22. The standard InChI is InChI=1S/C16H16BrF2N3.ClH/c17-12-1-3-15(18)11(7-12)8-20-13-5-6-22(10-13)14-2-4-16(19)21-9-14;/h1-4,7,9,13,20H,5-6,8,10H2;1H/t13-;/m0./s1. The lowest BCUT2D eigenvalue weighted by Crippen LogP contribution is -2.32. The molecule has 1 aromatic heterocycles. The predicted molar refractivity (Wildman–Crippen MR) is 93.0 cm³/mol. The summed E-state index contributed by atoms with van der Waals surface area (Å²) in [6, 6.07) is 8.33. The second-order valence-electron chi connectivity index (χ2n) is 5.39. The Morgan fingerprint density at radius 1 is 1.26 bits per heavy atom. The number of nitrogens with zero attached hydrogens (tertiary/aromatic N) is 2. The van der Waals surface area contributed by atoms with Gasteiger partial charge in [0.25, 0.3) is 0 Å². The number of aromatic nitrogens is 1. The van der Waals surface area contributed by atoms with Gasteiger partial charge in [-0.2, -0.15) is 4.39 Å². The van der Waals surface area contributed by atoms with Crippen molar-refractivity contribution in [1.29, 1.82) is 0 Å². The summed E-state index contributed by atoms with van der Waals surface area (Å²) in [4.78, 5) is 5.83. The summed E-state index contributed by atoms with van der Waals surface area (Å²) in [6.45, 7) is 2.18. The molecule has 0 unspecified atom stereocenters. The van der Waals surface area contributed by atoms with E-state index < -0.39 is 5.95 Å². The molecule has 1 fully saturated rings. The second kappa shape index (κ2) is 8.04. The van der Waals surface area contributed by atoms with Gasteiger partial charge in [-0.15, -0.1) is 12.4 Å². The first-order chi connectivity index (χ1) is 10.6. The number of rotatable bonds is 4. The van der Waals surface area contributed by atoms with Gasteiger partial charge in [-0.25, -0.2) is 9.37 Å². The molecule has 0 saturated carbocycles. The van der Waals surface area contributed by atoms with Crippen LogP contribution in [0, 0.1) is 11.8 Å². The van der Waals surface area contributed by atoms with Gasteiger partial charge in [0.05, 0.1) is 11.9 Å². The normalized spacial score (nSPS) is 17.2. The highest BCUT2D eigenvalue weighted by Crippen LogP contribution is 2.20. The van der Waals surface area contributed by atoms with E-state index in [1.807, 2.05) is 0 Å². The summed E-state index contributed by atoms with van der Waals surface area (Å²) in [7, 11) is 0. The summed E-state index contributed by atoms with van der Waals surface area (Å²) in [6.07, 6.45) is 2.51. The van der Waals surface area contributed by atoms with E-state index in [4.69, 9.17) is 0 Å². The van der Waals surface area contributed by atoms with Crippen molar-refractivity contribution in [2.24, 2.45) is 0 Å². The zero-order valence-electron chi connectivity index (χ0n) is 12.3. The zero-order chi connectivity index (χ0) is 15.5. The van der Waals surface area contributed by atoms with E-state index in [2.05, 4.69) is 31.1 Å². The molecular weight excluding hydrogens is 388 g/mol. The molecule has 3 rings (SSSR count). The molecule has 2 aromatic rings. The van der Waals surface area contributed by atoms with E-state index in [-0.39, 0.29) is 24.3 Å². The molecule has 0 amide bonds. The molecule has 1 aliphatic rings. The predicted octanol–water partition coefficient (Wildman–Crippen LogP) is 3.91. The topological polar surface area (TPSA) is 28.2 Å². The molecule has 7 heteroatoms. The third kappa shape index (κ3) is 4.62. The van der Waals surface area contributed by atoms with E-state index in [0.717, 1.165) is 29.7 Å². The Morgan fingerprint density at radius 3 is 2.83 bits per heavy atom. The van der Waals surface area contributed by atoms with Gasteiger partial charge in [0.1, 0.15) is 5.82 Å². The van der Waals surface area contributed by atoms with Gasteiger partial charge < -0.3 is 10.2 Å². The van der Waals surface area contributed by atoms with E-state index in [9.17, 15) is 8.78 Å². The monoisotopic (exact) mass is 403 g/mol. The Morgan fingerprint density at radius 2 is 2.09 bits per heavy atom. The van der Waals surface area contributed by atoms with Crippen LogP contribution in [0.5, 0.6) is 0 Å². The van der Waals surface area contributed by atoms with Gasteiger partial charge in [-0.3, -0.25) is 0 Å². The Labute approximate surface area is 148 Å². The lowest BCUT2D eigenvalue weighted by atomic mass is 10.2. The van der Waals surface area contributed by atoms with Crippen molar-refractivity contribution in [2.45, 2.75) is 19.0 Å². The quantitative estimate of drug-likeness (QED) is 0.783. The van der Waals surface area contributed by atoms with Crippen molar-refractivity contribution in [1.82, 2.24) is 10.3 Å². The van der Waals surface area contributed by atoms with E-state index in [0.29, 0.717) is 12.1 Å². The fourth-order valence-corrected chi connectivity index (χ4v) is 3.06. The van der Waals surface area contributed by atoms with Crippen LogP contribution in [-0.4, -0.2) is 24.1 Å². The molecule has 1 aliphatic heterocycles. The highest BCUT2D eigenvalue weighted by atomic mass is 79.9. The Bertz CT molecular complexity index is 654. The number of anilines is 1. The van der Waals surface area contributed by atoms with E-state index in [1.165, 1.54) is 12.1 Å². The fraction of sp³-hybridized carbons (Fsp3) is 0.312.